The van der Waals surface area contributed by atoms with Gasteiger partial charge in [-0.3, -0.25) is 4.79 Å². The Morgan fingerprint density at radius 2 is 2.27 bits per heavy atom. The van der Waals surface area contributed by atoms with Crippen molar-refractivity contribution >= 4 is 11.8 Å². The average molecular weight is 155 g/mol. The summed E-state index contributed by atoms with van der Waals surface area (Å²) in [6.07, 6.45) is -0.207. The molecule has 1 unspecified atom stereocenters. The van der Waals surface area contributed by atoms with Crippen LogP contribution in [0.2, 0.25) is 0 Å². The summed E-state index contributed by atoms with van der Waals surface area (Å²) in [7, 11) is 0. The number of primary amides is 1. The van der Waals surface area contributed by atoms with Gasteiger partial charge in [0.05, 0.1) is 18.5 Å². The average Bonchev–Trinajstić information content (AvgIpc) is 1.86. The number of carbonyl (C=O) groups is 2. The predicted octanol–water partition coefficient (Wildman–Crippen LogP) is -0.474. The van der Waals surface area contributed by atoms with Gasteiger partial charge in [-0.1, -0.05) is 0 Å². The topological polar surface area (TPSA) is 96.0 Å². The molecule has 0 aliphatic carbocycles. The van der Waals surface area contributed by atoms with Gasteiger partial charge in [-0.15, -0.1) is 0 Å². The molecular formula is C6H9N3O2. The number of amides is 2. The lowest BCUT2D eigenvalue weighted by atomic mass is 10.2. The van der Waals surface area contributed by atoms with Gasteiger partial charge in [-0.05, 0) is 6.92 Å². The van der Waals surface area contributed by atoms with Crippen molar-refractivity contribution in [2.75, 3.05) is 0 Å². The van der Waals surface area contributed by atoms with Gasteiger partial charge in [0.25, 0.3) is 0 Å². The molecular weight excluding hydrogens is 146 g/mol. The summed E-state index contributed by atoms with van der Waals surface area (Å²) in [6, 6.07) is 0.246. The highest BCUT2D eigenvalue weighted by Gasteiger charge is 2.12. The van der Waals surface area contributed by atoms with Crippen molar-refractivity contribution < 1.29 is 9.59 Å². The highest BCUT2D eigenvalue weighted by atomic mass is 16.2. The molecule has 3 N–H and O–H groups in total. The number of hydrogen-bond acceptors (Lipinski definition) is 3. The molecule has 0 aromatic carbocycles. The van der Waals surface area contributed by atoms with Crippen LogP contribution in [0.3, 0.4) is 0 Å². The lowest BCUT2D eigenvalue weighted by Gasteiger charge is -2.07. The van der Waals surface area contributed by atoms with Crippen LogP contribution in [0.1, 0.15) is 13.3 Å². The molecule has 5 nitrogen and oxygen atoms in total. The highest BCUT2D eigenvalue weighted by molar-refractivity contribution is 5.88. The Kier molecular flexibility index (Phi) is 3.67. The van der Waals surface area contributed by atoms with Gasteiger partial charge in [0.1, 0.15) is 0 Å². The first-order valence-electron chi connectivity index (χ1n) is 3.03. The summed E-state index contributed by atoms with van der Waals surface area (Å²) in [5.41, 5.74) is 4.74. The number of urea groups is 1. The van der Waals surface area contributed by atoms with E-state index in [1.54, 1.807) is 6.07 Å². The zero-order valence-corrected chi connectivity index (χ0v) is 6.13. The highest BCUT2D eigenvalue weighted by Crippen LogP contribution is 1.88. The van der Waals surface area contributed by atoms with E-state index < -0.39 is 12.1 Å². The minimum Gasteiger partial charge on any atom is -0.352 e. The van der Waals surface area contributed by atoms with Crippen LogP contribution in [0, 0.1) is 11.3 Å². The molecule has 0 radical (unpaired) electrons. The summed E-state index contributed by atoms with van der Waals surface area (Å²) >= 11 is 0. The van der Waals surface area contributed by atoms with E-state index in [-0.39, 0.29) is 12.2 Å². The second kappa shape index (κ2) is 4.28. The Labute approximate surface area is 64.2 Å². The third kappa shape index (κ3) is 3.92. The van der Waals surface area contributed by atoms with E-state index in [2.05, 4.69) is 5.32 Å². The van der Waals surface area contributed by atoms with Crippen LogP contribution in [-0.4, -0.2) is 17.9 Å². The Bertz CT molecular complexity index is 206. The van der Waals surface area contributed by atoms with Crippen molar-refractivity contribution in [2.45, 2.75) is 19.4 Å². The Morgan fingerprint density at radius 3 is 2.64 bits per heavy atom. The van der Waals surface area contributed by atoms with Gasteiger partial charge in [0.2, 0.25) is 0 Å². The smallest absolute Gasteiger partial charge is 0.312 e. The molecule has 0 aromatic rings. The first kappa shape index (κ1) is 9.43. The number of hydrogen-bond donors (Lipinski definition) is 2. The number of rotatable bonds is 3. The molecule has 0 aliphatic heterocycles. The largest absolute Gasteiger partial charge is 0.352 e. The number of nitrogens with one attached hydrogen (secondary N) is 1. The Balaban J connectivity index is 3.85. The van der Waals surface area contributed by atoms with Crippen LogP contribution in [-0.2, 0) is 4.79 Å². The maximum atomic E-state index is 10.8. The van der Waals surface area contributed by atoms with Gasteiger partial charge in [0, 0.05) is 0 Å². The lowest BCUT2D eigenvalue weighted by Crippen LogP contribution is -2.41. The van der Waals surface area contributed by atoms with Crippen molar-refractivity contribution in [3.05, 3.63) is 0 Å². The molecule has 60 valence electrons. The molecule has 0 saturated carbocycles. The summed E-state index contributed by atoms with van der Waals surface area (Å²) in [5, 5.41) is 10.3. The molecule has 0 fully saturated rings. The second-order valence-corrected chi connectivity index (χ2v) is 2.03. The van der Waals surface area contributed by atoms with Crippen LogP contribution in [0.15, 0.2) is 0 Å². The first-order valence-corrected chi connectivity index (χ1v) is 3.03. The zero-order valence-electron chi connectivity index (χ0n) is 6.13. The van der Waals surface area contributed by atoms with Gasteiger partial charge >= 0.3 is 6.03 Å². The van der Waals surface area contributed by atoms with Crippen molar-refractivity contribution in [1.82, 2.24) is 5.32 Å². The standard InChI is InChI=1S/C6H9N3O2/c1-4(9-6(8)11)5(10)2-3-7/h4H,2H2,1H3,(H3,8,9,11). The SMILES string of the molecule is CC(NC(N)=O)C(=O)CC#N. The quantitative estimate of drug-likeness (QED) is 0.576. The molecule has 2 amide bonds. The number of nitrogens with two attached hydrogens (primary N) is 1. The molecule has 0 aliphatic rings. The number of Topliss-reactive ketones (excluding diaryl/α,β-unsaturated/α-hetero) is 1. The monoisotopic (exact) mass is 155 g/mol. The Morgan fingerprint density at radius 1 is 1.73 bits per heavy atom. The summed E-state index contributed by atoms with van der Waals surface area (Å²) in [5.74, 6) is -0.341. The van der Waals surface area contributed by atoms with Crippen LogP contribution in [0.5, 0.6) is 0 Å². The molecule has 5 heteroatoms. The summed E-state index contributed by atoms with van der Waals surface area (Å²) in [4.78, 5) is 21.0. The number of carbonyl (C=O) groups excluding carboxylic acids is 2. The van der Waals surface area contributed by atoms with Gasteiger partial charge in [-0.2, -0.15) is 5.26 Å². The Hall–Kier alpha value is -1.57. The molecule has 11 heavy (non-hydrogen) atoms. The minimum atomic E-state index is -0.760. The van der Waals surface area contributed by atoms with Crippen molar-refractivity contribution in [3.63, 3.8) is 0 Å². The molecule has 0 aromatic heterocycles. The fourth-order valence-corrected chi connectivity index (χ4v) is 0.525. The minimum absolute atomic E-state index is 0.207. The fourth-order valence-electron chi connectivity index (χ4n) is 0.525. The normalized spacial score (nSPS) is 11.3. The summed E-state index contributed by atoms with van der Waals surface area (Å²) in [6.45, 7) is 1.48. The van der Waals surface area contributed by atoms with E-state index >= 15 is 0 Å². The van der Waals surface area contributed by atoms with Crippen LogP contribution < -0.4 is 11.1 Å². The maximum absolute atomic E-state index is 10.8. The van der Waals surface area contributed by atoms with Crippen molar-refractivity contribution in [3.8, 4) is 6.07 Å². The van der Waals surface area contributed by atoms with Gasteiger partial charge < -0.3 is 11.1 Å². The van der Waals surface area contributed by atoms with Crippen LogP contribution in [0.4, 0.5) is 4.79 Å². The molecule has 0 heterocycles. The first-order chi connectivity index (χ1) is 5.07. The molecule has 0 rings (SSSR count). The number of nitrogens with zero attached hydrogens (tertiary/aromatic N) is 1. The number of nitriles is 1. The fraction of sp³-hybridized carbons (Fsp3) is 0.500. The predicted molar refractivity (Wildman–Crippen MR) is 37.4 cm³/mol. The molecule has 0 spiro atoms. The maximum Gasteiger partial charge on any atom is 0.312 e. The van der Waals surface area contributed by atoms with E-state index in [0.717, 1.165) is 0 Å². The molecule has 0 saturated heterocycles. The molecule has 1 atom stereocenters. The van der Waals surface area contributed by atoms with E-state index in [1.807, 2.05) is 0 Å². The third-order valence-electron chi connectivity index (χ3n) is 1.10. The third-order valence-corrected chi connectivity index (χ3v) is 1.10. The van der Waals surface area contributed by atoms with Crippen LogP contribution >= 0.6 is 0 Å². The lowest BCUT2D eigenvalue weighted by molar-refractivity contribution is -0.119. The van der Waals surface area contributed by atoms with Crippen molar-refractivity contribution in [1.29, 1.82) is 5.26 Å². The van der Waals surface area contributed by atoms with Crippen LogP contribution in [0.25, 0.3) is 0 Å². The molecule has 0 bridgehead atoms. The van der Waals surface area contributed by atoms with E-state index in [4.69, 9.17) is 11.0 Å². The van der Waals surface area contributed by atoms with Crippen molar-refractivity contribution in [2.24, 2.45) is 5.73 Å². The zero-order chi connectivity index (χ0) is 8.85. The second-order valence-electron chi connectivity index (χ2n) is 2.03. The van der Waals surface area contributed by atoms with Gasteiger partial charge in [0.15, 0.2) is 5.78 Å². The van der Waals surface area contributed by atoms with E-state index in [1.165, 1.54) is 6.92 Å². The summed E-state index contributed by atoms with van der Waals surface area (Å²) < 4.78 is 0. The van der Waals surface area contributed by atoms with E-state index in [0.29, 0.717) is 0 Å². The van der Waals surface area contributed by atoms with Gasteiger partial charge in [-0.25, -0.2) is 4.79 Å². The van der Waals surface area contributed by atoms with E-state index in [9.17, 15) is 9.59 Å². The number of ketones is 1.